The largest absolute Gasteiger partial charge is 0.497 e. The molecule has 0 aliphatic carbocycles. The van der Waals surface area contributed by atoms with Crippen molar-refractivity contribution in [3.05, 3.63) is 23.8 Å². The van der Waals surface area contributed by atoms with Crippen molar-refractivity contribution in [2.45, 2.75) is 6.92 Å². The fourth-order valence-corrected chi connectivity index (χ4v) is 2.20. The summed E-state index contributed by atoms with van der Waals surface area (Å²) in [4.78, 5) is 11.9. The summed E-state index contributed by atoms with van der Waals surface area (Å²) >= 11 is 0. The molecular weight excluding hydrogens is 270 g/mol. The molecule has 0 spiro atoms. The van der Waals surface area contributed by atoms with E-state index in [1.165, 1.54) is 0 Å². The van der Waals surface area contributed by atoms with Crippen LogP contribution in [0.3, 0.4) is 0 Å². The first kappa shape index (κ1) is 15.6. The van der Waals surface area contributed by atoms with E-state index in [9.17, 15) is 4.79 Å². The third kappa shape index (κ3) is 4.91. The molecule has 2 amide bonds. The van der Waals surface area contributed by atoms with Crippen LogP contribution in [0.5, 0.6) is 5.75 Å². The van der Waals surface area contributed by atoms with E-state index >= 15 is 0 Å². The van der Waals surface area contributed by atoms with Gasteiger partial charge in [-0.05, 0) is 30.7 Å². The summed E-state index contributed by atoms with van der Waals surface area (Å²) < 4.78 is 10.6. The molecular formula is C15H23N3O3. The zero-order valence-electron chi connectivity index (χ0n) is 12.6. The SMILES string of the molecule is COc1ccc(NC(=O)NC[C@@H]2CNCCOC2)c(C)c1. The highest BCUT2D eigenvalue weighted by Crippen LogP contribution is 2.20. The number of aryl methyl sites for hydroxylation is 1. The number of amides is 2. The smallest absolute Gasteiger partial charge is 0.319 e. The van der Waals surface area contributed by atoms with Crippen LogP contribution in [0.4, 0.5) is 10.5 Å². The zero-order valence-corrected chi connectivity index (χ0v) is 12.6. The Morgan fingerprint density at radius 2 is 2.38 bits per heavy atom. The molecule has 1 atom stereocenters. The van der Waals surface area contributed by atoms with E-state index in [0.29, 0.717) is 19.1 Å². The van der Waals surface area contributed by atoms with Gasteiger partial charge in [-0.1, -0.05) is 0 Å². The Balaban J connectivity index is 1.81. The van der Waals surface area contributed by atoms with Gasteiger partial charge in [0.05, 0.1) is 20.3 Å². The summed E-state index contributed by atoms with van der Waals surface area (Å²) in [6, 6.07) is 5.35. The van der Waals surface area contributed by atoms with Gasteiger partial charge >= 0.3 is 6.03 Å². The second kappa shape index (κ2) is 7.85. The van der Waals surface area contributed by atoms with E-state index < -0.39 is 0 Å². The van der Waals surface area contributed by atoms with Crippen LogP contribution in [0.25, 0.3) is 0 Å². The van der Waals surface area contributed by atoms with E-state index in [1.54, 1.807) is 7.11 Å². The number of hydrogen-bond acceptors (Lipinski definition) is 4. The van der Waals surface area contributed by atoms with Crippen LogP contribution in [0.2, 0.25) is 0 Å². The second-order valence-electron chi connectivity index (χ2n) is 5.16. The molecule has 1 aliphatic rings. The summed E-state index contributed by atoms with van der Waals surface area (Å²) in [7, 11) is 1.62. The molecule has 1 aromatic rings. The van der Waals surface area contributed by atoms with Crippen molar-refractivity contribution in [2.75, 3.05) is 45.3 Å². The summed E-state index contributed by atoms with van der Waals surface area (Å²) in [6.07, 6.45) is 0. The quantitative estimate of drug-likeness (QED) is 0.784. The predicted molar refractivity (Wildman–Crippen MR) is 81.9 cm³/mol. The van der Waals surface area contributed by atoms with E-state index in [-0.39, 0.29) is 6.03 Å². The average molecular weight is 293 g/mol. The minimum atomic E-state index is -0.201. The molecule has 2 rings (SSSR count). The lowest BCUT2D eigenvalue weighted by molar-refractivity contribution is 0.123. The van der Waals surface area contributed by atoms with Gasteiger partial charge in [-0.25, -0.2) is 4.79 Å². The van der Waals surface area contributed by atoms with Crippen molar-refractivity contribution in [3.63, 3.8) is 0 Å². The van der Waals surface area contributed by atoms with Gasteiger partial charge in [0.1, 0.15) is 5.75 Å². The van der Waals surface area contributed by atoms with Crippen LogP contribution in [0.1, 0.15) is 5.56 Å². The van der Waals surface area contributed by atoms with Crippen LogP contribution in [-0.2, 0) is 4.74 Å². The summed E-state index contributed by atoms with van der Waals surface area (Å²) in [5.74, 6) is 1.08. The van der Waals surface area contributed by atoms with Crippen molar-refractivity contribution in [1.82, 2.24) is 10.6 Å². The number of benzene rings is 1. The molecule has 1 aromatic carbocycles. The Morgan fingerprint density at radius 3 is 3.14 bits per heavy atom. The minimum Gasteiger partial charge on any atom is -0.497 e. The third-order valence-electron chi connectivity index (χ3n) is 3.44. The zero-order chi connectivity index (χ0) is 15.1. The van der Waals surface area contributed by atoms with Crippen molar-refractivity contribution in [2.24, 2.45) is 5.92 Å². The van der Waals surface area contributed by atoms with Gasteiger partial charge in [-0.2, -0.15) is 0 Å². The van der Waals surface area contributed by atoms with E-state index in [1.807, 2.05) is 25.1 Å². The first-order chi connectivity index (χ1) is 10.2. The van der Waals surface area contributed by atoms with Gasteiger partial charge in [0.2, 0.25) is 0 Å². The Bertz CT molecular complexity index is 471. The van der Waals surface area contributed by atoms with Crippen molar-refractivity contribution in [3.8, 4) is 5.75 Å². The third-order valence-corrected chi connectivity index (χ3v) is 3.44. The van der Waals surface area contributed by atoms with Crippen LogP contribution < -0.4 is 20.7 Å². The molecule has 6 heteroatoms. The van der Waals surface area contributed by atoms with E-state index in [2.05, 4.69) is 16.0 Å². The van der Waals surface area contributed by atoms with Gasteiger partial charge in [0, 0.05) is 31.2 Å². The Labute approximate surface area is 125 Å². The molecule has 0 aromatic heterocycles. The van der Waals surface area contributed by atoms with Crippen LogP contribution >= 0.6 is 0 Å². The van der Waals surface area contributed by atoms with Crippen LogP contribution in [-0.4, -0.2) is 46.0 Å². The van der Waals surface area contributed by atoms with Crippen LogP contribution in [0, 0.1) is 12.8 Å². The van der Waals surface area contributed by atoms with Crippen LogP contribution in [0.15, 0.2) is 18.2 Å². The number of anilines is 1. The lowest BCUT2D eigenvalue weighted by Crippen LogP contribution is -2.37. The number of ether oxygens (including phenoxy) is 2. The summed E-state index contributed by atoms with van der Waals surface area (Å²) in [5.41, 5.74) is 1.74. The number of nitrogens with one attached hydrogen (secondary N) is 3. The normalized spacial score (nSPS) is 18.7. The maximum absolute atomic E-state index is 11.9. The lowest BCUT2D eigenvalue weighted by atomic mass is 10.1. The Kier molecular flexibility index (Phi) is 5.83. The molecule has 0 unspecified atom stereocenters. The van der Waals surface area contributed by atoms with Gasteiger partial charge in [0.15, 0.2) is 0 Å². The molecule has 1 heterocycles. The van der Waals surface area contributed by atoms with Gasteiger partial charge in [-0.15, -0.1) is 0 Å². The molecule has 3 N–H and O–H groups in total. The first-order valence-corrected chi connectivity index (χ1v) is 7.17. The fraction of sp³-hybridized carbons (Fsp3) is 0.533. The van der Waals surface area contributed by atoms with Crippen molar-refractivity contribution in [1.29, 1.82) is 0 Å². The van der Waals surface area contributed by atoms with E-state index in [4.69, 9.17) is 9.47 Å². The maximum Gasteiger partial charge on any atom is 0.319 e. The fourth-order valence-electron chi connectivity index (χ4n) is 2.20. The maximum atomic E-state index is 11.9. The van der Waals surface area contributed by atoms with Gasteiger partial charge < -0.3 is 25.4 Å². The van der Waals surface area contributed by atoms with Gasteiger partial charge in [0.25, 0.3) is 0 Å². The van der Waals surface area contributed by atoms with Crippen molar-refractivity contribution < 1.29 is 14.3 Å². The molecule has 1 aliphatic heterocycles. The number of hydrogen-bond donors (Lipinski definition) is 3. The molecule has 1 saturated heterocycles. The van der Waals surface area contributed by atoms with E-state index in [0.717, 1.165) is 36.7 Å². The highest BCUT2D eigenvalue weighted by molar-refractivity contribution is 5.90. The summed E-state index contributed by atoms with van der Waals surface area (Å²) in [5, 5.41) is 9.01. The average Bonchev–Trinajstić information content (AvgIpc) is 2.76. The molecule has 0 radical (unpaired) electrons. The molecule has 0 saturated carbocycles. The van der Waals surface area contributed by atoms with Gasteiger partial charge in [-0.3, -0.25) is 0 Å². The lowest BCUT2D eigenvalue weighted by Gasteiger charge is -2.16. The predicted octanol–water partition coefficient (Wildman–Crippen LogP) is 1.36. The van der Waals surface area contributed by atoms with Crippen molar-refractivity contribution >= 4 is 11.7 Å². The number of carbonyl (C=O) groups is 1. The molecule has 0 bridgehead atoms. The molecule has 6 nitrogen and oxygen atoms in total. The topological polar surface area (TPSA) is 71.6 Å². The molecule has 1 fully saturated rings. The number of methoxy groups -OCH3 is 1. The molecule has 21 heavy (non-hydrogen) atoms. The number of urea groups is 1. The first-order valence-electron chi connectivity index (χ1n) is 7.17. The molecule has 116 valence electrons. The monoisotopic (exact) mass is 293 g/mol. The minimum absolute atomic E-state index is 0.201. The number of rotatable bonds is 4. The second-order valence-corrected chi connectivity index (χ2v) is 5.16. The standard InChI is InChI=1S/C15H23N3O3/c1-11-7-13(20-2)3-4-14(11)18-15(19)17-9-12-8-16-5-6-21-10-12/h3-4,7,12,16H,5-6,8-10H2,1-2H3,(H2,17,18,19)/t12-/m0/s1. The highest BCUT2D eigenvalue weighted by Gasteiger charge is 2.13. The highest BCUT2D eigenvalue weighted by atomic mass is 16.5. The number of carbonyl (C=O) groups excluding carboxylic acids is 1. The summed E-state index contributed by atoms with van der Waals surface area (Å²) in [6.45, 7) is 5.66. The Morgan fingerprint density at radius 1 is 1.52 bits per heavy atom. The Hall–Kier alpha value is -1.79.